The van der Waals surface area contributed by atoms with Crippen LogP contribution in [-0.4, -0.2) is 17.7 Å². The second-order valence-corrected chi connectivity index (χ2v) is 2.34. The van der Waals surface area contributed by atoms with Crippen molar-refractivity contribution in [2.45, 2.75) is 25.4 Å². The molecule has 72 valence electrons. The van der Waals surface area contributed by atoms with Gasteiger partial charge in [-0.25, -0.2) is 0 Å². The van der Waals surface area contributed by atoms with Crippen molar-refractivity contribution in [2.24, 2.45) is 0 Å². The lowest BCUT2D eigenvalue weighted by Gasteiger charge is -2.02. The van der Waals surface area contributed by atoms with E-state index in [9.17, 15) is 22.8 Å². The molecule has 0 aromatic carbocycles. The Kier molecular flexibility index (Phi) is 4.18. The van der Waals surface area contributed by atoms with Crippen LogP contribution in [0.15, 0.2) is 0 Å². The van der Waals surface area contributed by atoms with Gasteiger partial charge in [0.25, 0.3) is 0 Å². The molecule has 0 radical (unpaired) electrons. The molecule has 0 amide bonds. The number of terminal acetylenes is 1. The highest BCUT2D eigenvalue weighted by atomic mass is 19.4. The number of ketones is 2. The van der Waals surface area contributed by atoms with E-state index in [4.69, 9.17) is 6.42 Å². The van der Waals surface area contributed by atoms with Gasteiger partial charge in [0.2, 0.25) is 5.78 Å². The lowest BCUT2D eigenvalue weighted by Crippen LogP contribution is -2.25. The largest absolute Gasteiger partial charge is 0.450 e. The molecule has 0 aliphatic rings. The minimum absolute atomic E-state index is 0.0595. The Balaban J connectivity index is 3.95. The Hall–Kier alpha value is -1.31. The number of alkyl halides is 3. The summed E-state index contributed by atoms with van der Waals surface area (Å²) in [5.74, 6) is -0.699. The average Bonchev–Trinajstić information content (AvgIpc) is 1.99. The van der Waals surface area contributed by atoms with E-state index in [1.807, 2.05) is 0 Å². The van der Waals surface area contributed by atoms with E-state index in [2.05, 4.69) is 5.92 Å². The van der Waals surface area contributed by atoms with Crippen LogP contribution >= 0.6 is 0 Å². The van der Waals surface area contributed by atoms with E-state index in [1.165, 1.54) is 0 Å². The van der Waals surface area contributed by atoms with E-state index in [1.54, 1.807) is 0 Å². The Bertz CT molecular complexity index is 247. The Morgan fingerprint density at radius 3 is 2.23 bits per heavy atom. The molecule has 0 saturated heterocycles. The predicted molar refractivity (Wildman–Crippen MR) is 38.8 cm³/mol. The maximum absolute atomic E-state index is 11.6. The molecule has 2 nitrogen and oxygen atoms in total. The highest BCUT2D eigenvalue weighted by Gasteiger charge is 2.38. The monoisotopic (exact) mass is 192 g/mol. The summed E-state index contributed by atoms with van der Waals surface area (Å²) in [6.07, 6.45) is -1.37. The summed E-state index contributed by atoms with van der Waals surface area (Å²) in [6.45, 7) is 0. The number of carbonyl (C=O) groups is 2. The molecule has 0 aromatic rings. The van der Waals surface area contributed by atoms with Gasteiger partial charge < -0.3 is 0 Å². The first-order chi connectivity index (χ1) is 5.88. The zero-order chi connectivity index (χ0) is 10.5. The van der Waals surface area contributed by atoms with Crippen molar-refractivity contribution in [2.75, 3.05) is 0 Å². The lowest BCUT2D eigenvalue weighted by molar-refractivity contribution is -0.171. The molecule has 0 aliphatic heterocycles. The first kappa shape index (κ1) is 11.7. The van der Waals surface area contributed by atoms with Gasteiger partial charge in [-0.1, -0.05) is 0 Å². The minimum Gasteiger partial charge on any atom is -0.299 e. The van der Waals surface area contributed by atoms with Crippen molar-refractivity contribution in [3.63, 3.8) is 0 Å². The summed E-state index contributed by atoms with van der Waals surface area (Å²) >= 11 is 0. The van der Waals surface area contributed by atoms with E-state index in [0.29, 0.717) is 0 Å². The molecular formula is C8H7F3O2. The molecule has 0 bridgehead atoms. The molecule has 0 rings (SSSR count). The topological polar surface area (TPSA) is 34.1 Å². The van der Waals surface area contributed by atoms with Crippen LogP contribution in [0.1, 0.15) is 19.3 Å². The highest BCUT2D eigenvalue weighted by Crippen LogP contribution is 2.18. The third-order valence-electron chi connectivity index (χ3n) is 1.22. The van der Waals surface area contributed by atoms with Crippen LogP contribution in [0.5, 0.6) is 0 Å². The van der Waals surface area contributed by atoms with Gasteiger partial charge in [0.05, 0.1) is 6.42 Å². The fourth-order valence-electron chi connectivity index (χ4n) is 0.579. The fraction of sp³-hybridized carbons (Fsp3) is 0.500. The van der Waals surface area contributed by atoms with Crippen molar-refractivity contribution < 1.29 is 22.8 Å². The number of rotatable bonds is 4. The van der Waals surface area contributed by atoms with Crippen molar-refractivity contribution in [3.8, 4) is 12.3 Å². The zero-order valence-electron chi connectivity index (χ0n) is 6.65. The van der Waals surface area contributed by atoms with Crippen LogP contribution in [0.2, 0.25) is 0 Å². The van der Waals surface area contributed by atoms with Gasteiger partial charge in [0.15, 0.2) is 0 Å². The normalized spacial score (nSPS) is 10.6. The number of hydrogen-bond donors (Lipinski definition) is 0. The van der Waals surface area contributed by atoms with E-state index < -0.39 is 24.2 Å². The summed E-state index contributed by atoms with van der Waals surface area (Å²) < 4.78 is 34.8. The zero-order valence-corrected chi connectivity index (χ0v) is 6.65. The predicted octanol–water partition coefficient (Wildman–Crippen LogP) is 1.49. The Morgan fingerprint density at radius 2 is 1.85 bits per heavy atom. The van der Waals surface area contributed by atoms with Gasteiger partial charge in [0.1, 0.15) is 5.78 Å². The van der Waals surface area contributed by atoms with Gasteiger partial charge in [-0.05, 0) is 0 Å². The second-order valence-electron chi connectivity index (χ2n) is 2.34. The van der Waals surface area contributed by atoms with Crippen molar-refractivity contribution in [3.05, 3.63) is 0 Å². The number of carbonyl (C=O) groups excluding carboxylic acids is 2. The van der Waals surface area contributed by atoms with Gasteiger partial charge in [-0.2, -0.15) is 13.2 Å². The molecule has 13 heavy (non-hydrogen) atoms. The average molecular weight is 192 g/mol. The Labute approximate surface area is 73.1 Å². The maximum atomic E-state index is 11.6. The van der Waals surface area contributed by atoms with E-state index >= 15 is 0 Å². The van der Waals surface area contributed by atoms with E-state index in [0.717, 1.165) is 0 Å². The van der Waals surface area contributed by atoms with Gasteiger partial charge in [-0.15, -0.1) is 12.3 Å². The summed E-state index contributed by atoms with van der Waals surface area (Å²) in [5, 5.41) is 0. The molecule has 0 aromatic heterocycles. The Morgan fingerprint density at radius 1 is 1.31 bits per heavy atom. The molecule has 0 aliphatic carbocycles. The van der Waals surface area contributed by atoms with Crippen LogP contribution in [0.4, 0.5) is 13.2 Å². The van der Waals surface area contributed by atoms with Crippen molar-refractivity contribution in [1.82, 2.24) is 0 Å². The number of Topliss-reactive ketones (excluding diaryl/α,β-unsaturated/α-hetero) is 2. The maximum Gasteiger partial charge on any atom is 0.450 e. The van der Waals surface area contributed by atoms with Crippen molar-refractivity contribution in [1.29, 1.82) is 0 Å². The van der Waals surface area contributed by atoms with Crippen LogP contribution in [-0.2, 0) is 9.59 Å². The molecular weight excluding hydrogens is 185 g/mol. The first-order valence-electron chi connectivity index (χ1n) is 3.43. The molecule has 0 fully saturated rings. The summed E-state index contributed by atoms with van der Waals surface area (Å²) in [7, 11) is 0. The van der Waals surface area contributed by atoms with Crippen LogP contribution in [0.3, 0.4) is 0 Å². The molecule has 0 N–H and O–H groups in total. The highest BCUT2D eigenvalue weighted by molar-refractivity contribution is 6.01. The third-order valence-corrected chi connectivity index (χ3v) is 1.22. The second kappa shape index (κ2) is 4.65. The van der Waals surface area contributed by atoms with E-state index in [-0.39, 0.29) is 12.8 Å². The van der Waals surface area contributed by atoms with Gasteiger partial charge in [-0.3, -0.25) is 9.59 Å². The summed E-state index contributed by atoms with van der Waals surface area (Å²) in [4.78, 5) is 20.9. The third kappa shape index (κ3) is 5.01. The molecule has 0 spiro atoms. The molecule has 0 atom stereocenters. The quantitative estimate of drug-likeness (QED) is 0.499. The van der Waals surface area contributed by atoms with Crippen LogP contribution < -0.4 is 0 Å². The lowest BCUT2D eigenvalue weighted by atomic mass is 10.1. The van der Waals surface area contributed by atoms with Crippen LogP contribution in [0, 0.1) is 12.3 Å². The fourth-order valence-corrected chi connectivity index (χ4v) is 0.579. The summed E-state index contributed by atoms with van der Waals surface area (Å²) in [5.41, 5.74) is 0. The van der Waals surface area contributed by atoms with Crippen LogP contribution in [0.25, 0.3) is 0 Å². The first-order valence-corrected chi connectivity index (χ1v) is 3.43. The SMILES string of the molecule is C#CCCC(=O)CC(=O)C(F)(F)F. The number of hydrogen-bond acceptors (Lipinski definition) is 2. The molecule has 0 saturated carbocycles. The van der Waals surface area contributed by atoms with Crippen molar-refractivity contribution >= 4 is 11.6 Å². The molecule has 5 heteroatoms. The number of halogens is 3. The summed E-state index contributed by atoms with van der Waals surface area (Å²) in [6, 6.07) is 0. The standard InChI is InChI=1S/C8H7F3O2/c1-2-3-4-6(12)5-7(13)8(9,10)11/h1H,3-5H2. The van der Waals surface area contributed by atoms with Gasteiger partial charge >= 0.3 is 6.18 Å². The molecule has 0 unspecified atom stereocenters. The van der Waals surface area contributed by atoms with Gasteiger partial charge in [0, 0.05) is 12.8 Å². The molecule has 0 heterocycles. The minimum atomic E-state index is -4.92. The smallest absolute Gasteiger partial charge is 0.299 e.